The van der Waals surface area contributed by atoms with Gasteiger partial charge in [-0.25, -0.2) is 0 Å². The van der Waals surface area contributed by atoms with Gasteiger partial charge in [0.15, 0.2) is 0 Å². The van der Waals surface area contributed by atoms with Gasteiger partial charge in [-0.1, -0.05) is 40.0 Å². The molecule has 3 unspecified atom stereocenters. The van der Waals surface area contributed by atoms with Crippen LogP contribution in [0.25, 0.3) is 0 Å². The summed E-state index contributed by atoms with van der Waals surface area (Å²) in [6, 6.07) is 0.734. The maximum absolute atomic E-state index is 10.1. The molecule has 3 atom stereocenters. The van der Waals surface area contributed by atoms with Crippen LogP contribution in [0.3, 0.4) is 0 Å². The fraction of sp³-hybridized carbons (Fsp3) is 1.00. The second kappa shape index (κ2) is 7.29. The summed E-state index contributed by atoms with van der Waals surface area (Å²) in [6.45, 7) is 8.66. The van der Waals surface area contributed by atoms with E-state index in [1.54, 1.807) is 0 Å². The Balaban J connectivity index is 2.42. The zero-order valence-electron chi connectivity index (χ0n) is 11.3. The molecule has 0 saturated carbocycles. The monoisotopic (exact) mass is 227 g/mol. The first kappa shape index (κ1) is 14.0. The molecule has 0 spiro atoms. The molecule has 1 aliphatic heterocycles. The van der Waals surface area contributed by atoms with Gasteiger partial charge in [0.25, 0.3) is 0 Å². The second-order valence-electron chi connectivity index (χ2n) is 5.39. The van der Waals surface area contributed by atoms with Crippen LogP contribution < -0.4 is 0 Å². The van der Waals surface area contributed by atoms with Crippen molar-refractivity contribution in [3.05, 3.63) is 0 Å². The van der Waals surface area contributed by atoms with E-state index in [9.17, 15) is 5.11 Å². The Bertz CT molecular complexity index is 182. The maximum Gasteiger partial charge on any atom is 0.0692 e. The van der Waals surface area contributed by atoms with Crippen LogP contribution in [0.4, 0.5) is 0 Å². The van der Waals surface area contributed by atoms with Crippen molar-refractivity contribution in [3.8, 4) is 0 Å². The minimum Gasteiger partial charge on any atom is -0.392 e. The highest BCUT2D eigenvalue weighted by Gasteiger charge is 2.24. The highest BCUT2D eigenvalue weighted by molar-refractivity contribution is 4.79. The van der Waals surface area contributed by atoms with Gasteiger partial charge < -0.3 is 5.11 Å². The van der Waals surface area contributed by atoms with Crippen molar-refractivity contribution >= 4 is 0 Å². The average Bonchev–Trinajstić information content (AvgIpc) is 2.31. The van der Waals surface area contributed by atoms with Crippen molar-refractivity contribution in [2.24, 2.45) is 5.92 Å². The molecule has 2 heteroatoms. The lowest BCUT2D eigenvalue weighted by Gasteiger charge is -2.37. The molecule has 1 rings (SSSR count). The van der Waals surface area contributed by atoms with Crippen LogP contribution in [-0.4, -0.2) is 35.2 Å². The summed E-state index contributed by atoms with van der Waals surface area (Å²) in [7, 11) is 0. The maximum atomic E-state index is 10.1. The number of piperidine rings is 1. The minimum atomic E-state index is -0.137. The highest BCUT2D eigenvalue weighted by Crippen LogP contribution is 2.22. The Morgan fingerprint density at radius 1 is 1.31 bits per heavy atom. The molecule has 0 aromatic carbocycles. The molecule has 1 fully saturated rings. The Morgan fingerprint density at radius 3 is 2.69 bits per heavy atom. The summed E-state index contributed by atoms with van der Waals surface area (Å²) >= 11 is 0. The quantitative estimate of drug-likeness (QED) is 0.754. The molecule has 0 radical (unpaired) electrons. The second-order valence-corrected chi connectivity index (χ2v) is 5.39. The zero-order valence-corrected chi connectivity index (χ0v) is 11.3. The predicted molar refractivity (Wildman–Crippen MR) is 69.6 cm³/mol. The van der Waals surface area contributed by atoms with Crippen LogP contribution in [0, 0.1) is 5.92 Å². The smallest absolute Gasteiger partial charge is 0.0692 e. The Labute approximate surface area is 101 Å². The molecule has 0 aromatic rings. The Morgan fingerprint density at radius 2 is 2.06 bits per heavy atom. The van der Waals surface area contributed by atoms with E-state index in [1.165, 1.54) is 38.6 Å². The van der Waals surface area contributed by atoms with E-state index >= 15 is 0 Å². The molecule has 0 aliphatic carbocycles. The SMILES string of the molecule is CCCC1CCCCN1CC(O)C(C)CC. The first-order chi connectivity index (χ1) is 7.69. The van der Waals surface area contributed by atoms with E-state index < -0.39 is 0 Å². The summed E-state index contributed by atoms with van der Waals surface area (Å²) in [5, 5.41) is 10.1. The average molecular weight is 227 g/mol. The molecular formula is C14H29NO. The van der Waals surface area contributed by atoms with Gasteiger partial charge in [-0.3, -0.25) is 4.90 Å². The molecule has 2 nitrogen and oxygen atoms in total. The number of β-amino-alcohol motifs (C(OH)–C–C–N with tert-alkyl or cyclic N) is 1. The van der Waals surface area contributed by atoms with Gasteiger partial charge in [0.2, 0.25) is 0 Å². The fourth-order valence-corrected chi connectivity index (χ4v) is 2.65. The normalized spacial score (nSPS) is 26.6. The number of hydrogen-bond donors (Lipinski definition) is 1. The molecule has 96 valence electrons. The van der Waals surface area contributed by atoms with E-state index in [4.69, 9.17) is 0 Å². The van der Waals surface area contributed by atoms with E-state index in [0.29, 0.717) is 5.92 Å². The van der Waals surface area contributed by atoms with Crippen LogP contribution >= 0.6 is 0 Å². The summed E-state index contributed by atoms with van der Waals surface area (Å²) in [6.07, 6.45) is 7.53. The van der Waals surface area contributed by atoms with Gasteiger partial charge in [0.05, 0.1) is 6.10 Å². The molecule has 1 aliphatic rings. The molecule has 16 heavy (non-hydrogen) atoms. The van der Waals surface area contributed by atoms with Crippen molar-refractivity contribution in [1.82, 2.24) is 4.90 Å². The Hall–Kier alpha value is -0.0800. The summed E-state index contributed by atoms with van der Waals surface area (Å²) in [5.74, 6) is 0.434. The van der Waals surface area contributed by atoms with Crippen LogP contribution in [0.15, 0.2) is 0 Å². The van der Waals surface area contributed by atoms with Crippen molar-refractivity contribution in [2.75, 3.05) is 13.1 Å². The number of rotatable bonds is 6. The number of aliphatic hydroxyl groups excluding tert-OH is 1. The van der Waals surface area contributed by atoms with E-state index in [-0.39, 0.29) is 6.10 Å². The lowest BCUT2D eigenvalue weighted by atomic mass is 9.95. The van der Waals surface area contributed by atoms with Gasteiger partial charge >= 0.3 is 0 Å². The van der Waals surface area contributed by atoms with Gasteiger partial charge in [-0.05, 0) is 31.7 Å². The van der Waals surface area contributed by atoms with E-state index in [0.717, 1.165) is 19.0 Å². The predicted octanol–water partition coefficient (Wildman–Crippen LogP) is 3.05. The topological polar surface area (TPSA) is 23.5 Å². The van der Waals surface area contributed by atoms with Gasteiger partial charge in [0.1, 0.15) is 0 Å². The van der Waals surface area contributed by atoms with Gasteiger partial charge in [0, 0.05) is 12.6 Å². The molecule has 0 bridgehead atoms. The standard InChI is InChI=1S/C14H29NO/c1-4-8-13-9-6-7-10-15(13)11-14(16)12(3)5-2/h12-14,16H,4-11H2,1-3H3. The van der Waals surface area contributed by atoms with Crippen molar-refractivity contribution in [1.29, 1.82) is 0 Å². The van der Waals surface area contributed by atoms with Crippen molar-refractivity contribution < 1.29 is 5.11 Å². The summed E-state index contributed by atoms with van der Waals surface area (Å²) < 4.78 is 0. The number of hydrogen-bond acceptors (Lipinski definition) is 2. The van der Waals surface area contributed by atoms with Crippen LogP contribution in [0.2, 0.25) is 0 Å². The van der Waals surface area contributed by atoms with Crippen molar-refractivity contribution in [2.45, 2.75) is 71.4 Å². The van der Waals surface area contributed by atoms with Crippen LogP contribution in [-0.2, 0) is 0 Å². The molecule has 1 saturated heterocycles. The lowest BCUT2D eigenvalue weighted by molar-refractivity contribution is 0.0351. The lowest BCUT2D eigenvalue weighted by Crippen LogP contribution is -2.45. The van der Waals surface area contributed by atoms with Crippen molar-refractivity contribution in [3.63, 3.8) is 0 Å². The zero-order chi connectivity index (χ0) is 12.0. The number of aliphatic hydroxyl groups is 1. The van der Waals surface area contributed by atoms with Crippen LogP contribution in [0.5, 0.6) is 0 Å². The minimum absolute atomic E-state index is 0.137. The first-order valence-corrected chi connectivity index (χ1v) is 7.11. The molecular weight excluding hydrogens is 198 g/mol. The highest BCUT2D eigenvalue weighted by atomic mass is 16.3. The number of likely N-dealkylation sites (tertiary alicyclic amines) is 1. The molecule has 1 heterocycles. The third-order valence-corrected chi connectivity index (χ3v) is 4.09. The van der Waals surface area contributed by atoms with Gasteiger partial charge in [-0.2, -0.15) is 0 Å². The third-order valence-electron chi connectivity index (χ3n) is 4.09. The van der Waals surface area contributed by atoms with Crippen LogP contribution in [0.1, 0.15) is 59.3 Å². The largest absolute Gasteiger partial charge is 0.392 e. The third kappa shape index (κ3) is 4.06. The molecule has 0 amide bonds. The van der Waals surface area contributed by atoms with Gasteiger partial charge in [-0.15, -0.1) is 0 Å². The molecule has 1 N–H and O–H groups in total. The van der Waals surface area contributed by atoms with E-state index in [1.807, 2.05) is 0 Å². The fourth-order valence-electron chi connectivity index (χ4n) is 2.65. The summed E-state index contributed by atoms with van der Waals surface area (Å²) in [4.78, 5) is 2.53. The summed E-state index contributed by atoms with van der Waals surface area (Å²) in [5.41, 5.74) is 0. The number of nitrogens with zero attached hydrogens (tertiary/aromatic N) is 1. The Kier molecular flexibility index (Phi) is 6.37. The first-order valence-electron chi connectivity index (χ1n) is 7.11. The molecule has 0 aromatic heterocycles. The van der Waals surface area contributed by atoms with E-state index in [2.05, 4.69) is 25.7 Å².